The Bertz CT molecular complexity index is 263. The zero-order chi connectivity index (χ0) is 12.7. The maximum absolute atomic E-state index is 11.6. The van der Waals surface area contributed by atoms with Crippen molar-refractivity contribution < 1.29 is 9.59 Å². The van der Waals surface area contributed by atoms with Crippen LogP contribution in [0.3, 0.4) is 0 Å². The molecule has 0 radical (unpaired) electrons. The molecule has 1 amide bonds. The minimum absolute atomic E-state index is 0.0226. The van der Waals surface area contributed by atoms with Crippen LogP contribution in [0.25, 0.3) is 0 Å². The topological polar surface area (TPSA) is 46.2 Å². The fourth-order valence-electron chi connectivity index (χ4n) is 2.68. The van der Waals surface area contributed by atoms with Gasteiger partial charge in [0.05, 0.1) is 0 Å². The van der Waals surface area contributed by atoms with E-state index in [4.69, 9.17) is 0 Å². The van der Waals surface area contributed by atoms with E-state index >= 15 is 0 Å². The van der Waals surface area contributed by atoms with Gasteiger partial charge in [-0.25, -0.2) is 0 Å². The molecule has 3 nitrogen and oxygen atoms in total. The molecule has 1 saturated carbocycles. The smallest absolute Gasteiger partial charge is 0.217 e. The van der Waals surface area contributed by atoms with Crippen LogP contribution in [-0.2, 0) is 9.59 Å². The van der Waals surface area contributed by atoms with E-state index in [0.717, 1.165) is 32.1 Å². The fraction of sp³-hybridized carbons (Fsp3) is 0.857. The second-order valence-electron chi connectivity index (χ2n) is 5.29. The summed E-state index contributed by atoms with van der Waals surface area (Å²) in [5.41, 5.74) is 0. The summed E-state index contributed by atoms with van der Waals surface area (Å²) in [6.07, 6.45) is 8.91. The Morgan fingerprint density at radius 2 is 1.53 bits per heavy atom. The lowest BCUT2D eigenvalue weighted by atomic mass is 9.87. The highest BCUT2D eigenvalue weighted by atomic mass is 16.1. The molecule has 2 atom stereocenters. The van der Waals surface area contributed by atoms with Crippen LogP contribution < -0.4 is 5.32 Å². The first kappa shape index (κ1) is 14.2. The van der Waals surface area contributed by atoms with Gasteiger partial charge in [0.1, 0.15) is 5.78 Å². The number of carbonyl (C=O) groups is 2. The molecule has 1 rings (SSSR count). The minimum Gasteiger partial charge on any atom is -0.354 e. The molecule has 0 heterocycles. The summed E-state index contributed by atoms with van der Waals surface area (Å²) in [4.78, 5) is 22.7. The largest absolute Gasteiger partial charge is 0.354 e. The summed E-state index contributed by atoms with van der Waals surface area (Å²) in [6.45, 7) is 3.24. The zero-order valence-electron chi connectivity index (χ0n) is 11.1. The number of rotatable bonds is 2. The Balaban J connectivity index is 2.57. The third-order valence-corrected chi connectivity index (χ3v) is 3.66. The van der Waals surface area contributed by atoms with Crippen LogP contribution in [0.5, 0.6) is 0 Å². The van der Waals surface area contributed by atoms with Gasteiger partial charge in [-0.05, 0) is 26.2 Å². The van der Waals surface area contributed by atoms with Crippen molar-refractivity contribution >= 4 is 11.7 Å². The third-order valence-electron chi connectivity index (χ3n) is 3.66. The van der Waals surface area contributed by atoms with E-state index in [0.29, 0.717) is 0 Å². The van der Waals surface area contributed by atoms with Crippen LogP contribution >= 0.6 is 0 Å². The van der Waals surface area contributed by atoms with Crippen LogP contribution in [0.1, 0.15) is 65.2 Å². The molecule has 0 saturated heterocycles. The first-order valence-electron chi connectivity index (χ1n) is 6.87. The van der Waals surface area contributed by atoms with E-state index in [1.807, 2.05) is 0 Å². The third kappa shape index (κ3) is 5.85. The number of Topliss-reactive ketones (excluding diaryl/α,β-unsaturated/α-hetero) is 1. The van der Waals surface area contributed by atoms with Gasteiger partial charge in [-0.15, -0.1) is 0 Å². The zero-order valence-corrected chi connectivity index (χ0v) is 11.1. The van der Waals surface area contributed by atoms with Gasteiger partial charge in [0.2, 0.25) is 5.91 Å². The van der Waals surface area contributed by atoms with Gasteiger partial charge in [-0.1, -0.05) is 32.1 Å². The molecule has 2 unspecified atom stereocenters. The van der Waals surface area contributed by atoms with Crippen LogP contribution in [-0.4, -0.2) is 17.7 Å². The van der Waals surface area contributed by atoms with Crippen LogP contribution in [0, 0.1) is 5.92 Å². The van der Waals surface area contributed by atoms with Gasteiger partial charge in [0, 0.05) is 18.9 Å². The Hall–Kier alpha value is -0.860. The molecule has 3 heteroatoms. The van der Waals surface area contributed by atoms with Crippen molar-refractivity contribution in [3.05, 3.63) is 0 Å². The highest BCUT2D eigenvalue weighted by Gasteiger charge is 2.21. The van der Waals surface area contributed by atoms with E-state index in [2.05, 4.69) is 5.32 Å². The lowest BCUT2D eigenvalue weighted by Crippen LogP contribution is -2.36. The molecule has 0 spiro atoms. The highest BCUT2D eigenvalue weighted by molar-refractivity contribution is 5.78. The molecule has 98 valence electrons. The summed E-state index contributed by atoms with van der Waals surface area (Å²) in [7, 11) is 0. The molecular weight excluding hydrogens is 214 g/mol. The van der Waals surface area contributed by atoms with Crippen molar-refractivity contribution in [2.45, 2.75) is 71.3 Å². The van der Waals surface area contributed by atoms with Crippen molar-refractivity contribution in [3.8, 4) is 0 Å². The second kappa shape index (κ2) is 7.46. The van der Waals surface area contributed by atoms with E-state index in [1.165, 1.54) is 19.3 Å². The molecule has 0 aromatic carbocycles. The van der Waals surface area contributed by atoms with Crippen LogP contribution in [0.2, 0.25) is 0 Å². The summed E-state index contributed by atoms with van der Waals surface area (Å²) in [6, 6.07) is 0.194. The first-order chi connectivity index (χ1) is 8.09. The molecule has 0 aromatic rings. The van der Waals surface area contributed by atoms with Gasteiger partial charge in [-0.2, -0.15) is 0 Å². The lowest BCUT2D eigenvalue weighted by molar-refractivity contribution is -0.123. The number of hydrogen-bond acceptors (Lipinski definition) is 2. The van der Waals surface area contributed by atoms with Crippen LogP contribution in [0.15, 0.2) is 0 Å². The maximum Gasteiger partial charge on any atom is 0.217 e. The van der Waals surface area contributed by atoms with Gasteiger partial charge in [-0.3, -0.25) is 9.59 Å². The molecule has 1 aliphatic carbocycles. The van der Waals surface area contributed by atoms with E-state index < -0.39 is 0 Å². The number of amides is 1. The van der Waals surface area contributed by atoms with Crippen molar-refractivity contribution in [2.24, 2.45) is 5.92 Å². The minimum atomic E-state index is 0.0226. The molecule has 0 aromatic heterocycles. The SMILES string of the molecule is CC(=O)NC1CCCCCCCC(C(C)=O)C1. The van der Waals surface area contributed by atoms with Crippen molar-refractivity contribution in [1.82, 2.24) is 5.32 Å². The Labute approximate surface area is 104 Å². The predicted octanol–water partition coefficient (Wildman–Crippen LogP) is 2.83. The van der Waals surface area contributed by atoms with Gasteiger partial charge >= 0.3 is 0 Å². The van der Waals surface area contributed by atoms with Gasteiger partial charge in [0.15, 0.2) is 0 Å². The lowest BCUT2D eigenvalue weighted by Gasteiger charge is -2.24. The molecule has 1 N–H and O–H groups in total. The Kier molecular flexibility index (Phi) is 6.23. The monoisotopic (exact) mass is 239 g/mol. The molecular formula is C14H25NO2. The number of hydrogen-bond donors (Lipinski definition) is 1. The molecule has 1 aliphatic rings. The molecule has 0 bridgehead atoms. The normalized spacial score (nSPS) is 27.2. The summed E-state index contributed by atoms with van der Waals surface area (Å²) in [5, 5.41) is 2.99. The number of carbonyl (C=O) groups excluding carboxylic acids is 2. The average Bonchev–Trinajstić information content (AvgIpc) is 2.25. The van der Waals surface area contributed by atoms with Crippen molar-refractivity contribution in [2.75, 3.05) is 0 Å². The first-order valence-corrected chi connectivity index (χ1v) is 6.87. The van der Waals surface area contributed by atoms with E-state index in [-0.39, 0.29) is 23.7 Å². The molecule has 1 fully saturated rings. The van der Waals surface area contributed by atoms with E-state index in [9.17, 15) is 9.59 Å². The van der Waals surface area contributed by atoms with E-state index in [1.54, 1.807) is 13.8 Å². The quantitative estimate of drug-likeness (QED) is 0.805. The standard InChI is InChI=1S/C14H25NO2/c1-11(16)13-8-6-4-3-5-7-9-14(10-13)15-12(2)17/h13-14H,3-10H2,1-2H3,(H,15,17). The van der Waals surface area contributed by atoms with Gasteiger partial charge < -0.3 is 5.32 Å². The summed E-state index contributed by atoms with van der Waals surface area (Å²) < 4.78 is 0. The number of nitrogens with one attached hydrogen (secondary N) is 1. The van der Waals surface area contributed by atoms with Gasteiger partial charge in [0.25, 0.3) is 0 Å². The Morgan fingerprint density at radius 3 is 2.12 bits per heavy atom. The number of ketones is 1. The highest BCUT2D eigenvalue weighted by Crippen LogP contribution is 2.22. The maximum atomic E-state index is 11.6. The summed E-state index contributed by atoms with van der Waals surface area (Å²) in [5.74, 6) is 0.445. The summed E-state index contributed by atoms with van der Waals surface area (Å²) >= 11 is 0. The van der Waals surface area contributed by atoms with Crippen molar-refractivity contribution in [3.63, 3.8) is 0 Å². The predicted molar refractivity (Wildman–Crippen MR) is 68.7 cm³/mol. The average molecular weight is 239 g/mol. The Morgan fingerprint density at radius 1 is 0.941 bits per heavy atom. The van der Waals surface area contributed by atoms with Crippen molar-refractivity contribution in [1.29, 1.82) is 0 Å². The van der Waals surface area contributed by atoms with Crippen LogP contribution in [0.4, 0.5) is 0 Å². The molecule has 0 aliphatic heterocycles. The second-order valence-corrected chi connectivity index (χ2v) is 5.29. The fourth-order valence-corrected chi connectivity index (χ4v) is 2.68. The molecule has 17 heavy (non-hydrogen) atoms.